The molecule has 0 saturated heterocycles. The third-order valence-electron chi connectivity index (χ3n) is 3.22. The maximum Gasteiger partial charge on any atom is 0.191 e. The standard InChI is InChI=1S/C17H24N4O/c1-3-22-16-8-6-7-15(13-16)14-20-17(18-2)19-9-12-21-10-4-5-11-21/h4-8,10-11,13H,3,9,12,14H2,1-2H3,(H2,18,19,20). The van der Waals surface area contributed by atoms with Gasteiger partial charge in [-0.1, -0.05) is 12.1 Å². The van der Waals surface area contributed by atoms with Gasteiger partial charge in [-0.05, 0) is 36.8 Å². The normalized spacial score (nSPS) is 11.3. The highest BCUT2D eigenvalue weighted by molar-refractivity contribution is 5.79. The molecule has 5 nitrogen and oxygen atoms in total. The number of benzene rings is 1. The number of guanidine groups is 1. The van der Waals surface area contributed by atoms with Crippen LogP contribution in [0.1, 0.15) is 12.5 Å². The molecule has 1 heterocycles. The maximum absolute atomic E-state index is 5.51. The minimum Gasteiger partial charge on any atom is -0.494 e. The smallest absolute Gasteiger partial charge is 0.191 e. The van der Waals surface area contributed by atoms with Crippen molar-refractivity contribution < 1.29 is 4.74 Å². The van der Waals surface area contributed by atoms with Gasteiger partial charge in [0.2, 0.25) is 0 Å². The largest absolute Gasteiger partial charge is 0.494 e. The van der Waals surface area contributed by atoms with E-state index in [1.165, 1.54) is 5.56 Å². The number of ether oxygens (including phenoxy) is 1. The summed E-state index contributed by atoms with van der Waals surface area (Å²) >= 11 is 0. The molecular formula is C17H24N4O. The molecule has 118 valence electrons. The molecule has 1 aromatic heterocycles. The summed E-state index contributed by atoms with van der Waals surface area (Å²) in [5, 5.41) is 6.61. The number of nitrogens with zero attached hydrogens (tertiary/aromatic N) is 2. The summed E-state index contributed by atoms with van der Waals surface area (Å²) in [6.45, 7) is 5.12. The molecule has 2 N–H and O–H groups in total. The van der Waals surface area contributed by atoms with E-state index in [1.54, 1.807) is 7.05 Å². The summed E-state index contributed by atoms with van der Waals surface area (Å²) in [6, 6.07) is 12.1. The highest BCUT2D eigenvalue weighted by Crippen LogP contribution is 2.12. The van der Waals surface area contributed by atoms with Crippen molar-refractivity contribution in [1.29, 1.82) is 0 Å². The van der Waals surface area contributed by atoms with Crippen LogP contribution in [0.5, 0.6) is 5.75 Å². The predicted octanol–water partition coefficient (Wildman–Crippen LogP) is 2.25. The van der Waals surface area contributed by atoms with Crippen molar-refractivity contribution in [2.24, 2.45) is 4.99 Å². The van der Waals surface area contributed by atoms with Crippen molar-refractivity contribution >= 4 is 5.96 Å². The molecule has 0 amide bonds. The lowest BCUT2D eigenvalue weighted by molar-refractivity contribution is 0.340. The summed E-state index contributed by atoms with van der Waals surface area (Å²) < 4.78 is 7.64. The third-order valence-corrected chi connectivity index (χ3v) is 3.22. The molecule has 0 aliphatic carbocycles. The number of hydrogen-bond acceptors (Lipinski definition) is 2. The average molecular weight is 300 g/mol. The van der Waals surface area contributed by atoms with Crippen LogP contribution >= 0.6 is 0 Å². The minimum atomic E-state index is 0.680. The molecule has 0 unspecified atom stereocenters. The van der Waals surface area contributed by atoms with Gasteiger partial charge in [0.1, 0.15) is 5.75 Å². The average Bonchev–Trinajstić information content (AvgIpc) is 3.05. The molecule has 2 rings (SSSR count). The third kappa shape index (κ3) is 5.16. The molecule has 0 aliphatic rings. The monoisotopic (exact) mass is 300 g/mol. The Morgan fingerprint density at radius 2 is 2.00 bits per heavy atom. The Labute approximate surface area is 132 Å². The van der Waals surface area contributed by atoms with Gasteiger partial charge in [-0.2, -0.15) is 0 Å². The van der Waals surface area contributed by atoms with Gasteiger partial charge in [0.05, 0.1) is 6.61 Å². The van der Waals surface area contributed by atoms with Gasteiger partial charge in [-0.15, -0.1) is 0 Å². The lowest BCUT2D eigenvalue weighted by Gasteiger charge is -2.13. The lowest BCUT2D eigenvalue weighted by Crippen LogP contribution is -2.38. The fourth-order valence-electron chi connectivity index (χ4n) is 2.14. The van der Waals surface area contributed by atoms with Gasteiger partial charge in [0, 0.05) is 39.1 Å². The van der Waals surface area contributed by atoms with Gasteiger partial charge < -0.3 is 19.9 Å². The van der Waals surface area contributed by atoms with Crippen LogP contribution in [0.4, 0.5) is 0 Å². The molecule has 0 bridgehead atoms. The summed E-state index contributed by atoms with van der Waals surface area (Å²) in [5.41, 5.74) is 1.17. The van der Waals surface area contributed by atoms with E-state index in [0.29, 0.717) is 13.2 Å². The van der Waals surface area contributed by atoms with Crippen LogP contribution in [-0.2, 0) is 13.1 Å². The van der Waals surface area contributed by atoms with Crippen LogP contribution < -0.4 is 15.4 Å². The minimum absolute atomic E-state index is 0.680. The van der Waals surface area contributed by atoms with E-state index in [-0.39, 0.29) is 0 Å². The lowest BCUT2D eigenvalue weighted by atomic mass is 10.2. The Bertz CT molecular complexity index is 578. The molecule has 0 fully saturated rings. The molecule has 0 spiro atoms. The number of nitrogens with one attached hydrogen (secondary N) is 2. The first-order valence-electron chi connectivity index (χ1n) is 7.59. The van der Waals surface area contributed by atoms with Crippen molar-refractivity contribution in [3.8, 4) is 5.75 Å². The fraction of sp³-hybridized carbons (Fsp3) is 0.353. The highest BCUT2D eigenvalue weighted by atomic mass is 16.5. The van der Waals surface area contributed by atoms with Crippen LogP contribution in [0.25, 0.3) is 0 Å². The van der Waals surface area contributed by atoms with Crippen LogP contribution in [0.3, 0.4) is 0 Å². The van der Waals surface area contributed by atoms with E-state index in [9.17, 15) is 0 Å². The second-order valence-corrected chi connectivity index (χ2v) is 4.85. The first kappa shape index (κ1) is 15.9. The Balaban J connectivity index is 1.77. The number of aliphatic imine (C=N–C) groups is 1. The SMILES string of the molecule is CCOc1cccc(CNC(=NC)NCCn2cccc2)c1. The van der Waals surface area contributed by atoms with Crippen molar-refractivity contribution in [2.45, 2.75) is 20.0 Å². The fourth-order valence-corrected chi connectivity index (χ4v) is 2.14. The number of rotatable bonds is 7. The topological polar surface area (TPSA) is 50.6 Å². The van der Waals surface area contributed by atoms with E-state index in [2.05, 4.69) is 38.7 Å². The summed E-state index contributed by atoms with van der Waals surface area (Å²) in [5.74, 6) is 1.70. The molecule has 22 heavy (non-hydrogen) atoms. The summed E-state index contributed by atoms with van der Waals surface area (Å²) in [7, 11) is 1.78. The molecular weight excluding hydrogens is 276 g/mol. The van der Waals surface area contributed by atoms with Crippen LogP contribution in [0, 0.1) is 0 Å². The maximum atomic E-state index is 5.51. The molecule has 5 heteroatoms. The van der Waals surface area contributed by atoms with E-state index in [0.717, 1.165) is 24.8 Å². The van der Waals surface area contributed by atoms with Gasteiger partial charge in [-0.3, -0.25) is 4.99 Å². The summed E-state index contributed by atoms with van der Waals surface area (Å²) in [6.07, 6.45) is 4.11. The van der Waals surface area contributed by atoms with Gasteiger partial charge in [-0.25, -0.2) is 0 Å². The van der Waals surface area contributed by atoms with Crippen LogP contribution in [0.15, 0.2) is 53.8 Å². The quantitative estimate of drug-likeness (QED) is 0.609. The Morgan fingerprint density at radius 3 is 2.73 bits per heavy atom. The van der Waals surface area contributed by atoms with Crippen molar-refractivity contribution in [1.82, 2.24) is 15.2 Å². The number of aromatic nitrogens is 1. The molecule has 0 atom stereocenters. The second-order valence-electron chi connectivity index (χ2n) is 4.85. The zero-order valence-corrected chi connectivity index (χ0v) is 13.2. The van der Waals surface area contributed by atoms with Crippen LogP contribution in [0.2, 0.25) is 0 Å². The van der Waals surface area contributed by atoms with Crippen molar-refractivity contribution in [3.63, 3.8) is 0 Å². The zero-order chi connectivity index (χ0) is 15.6. The van der Waals surface area contributed by atoms with E-state index >= 15 is 0 Å². The van der Waals surface area contributed by atoms with E-state index in [4.69, 9.17) is 4.74 Å². The zero-order valence-electron chi connectivity index (χ0n) is 13.2. The highest BCUT2D eigenvalue weighted by Gasteiger charge is 2.00. The molecule has 0 aliphatic heterocycles. The first-order chi connectivity index (χ1) is 10.8. The first-order valence-corrected chi connectivity index (χ1v) is 7.59. The summed E-state index contributed by atoms with van der Waals surface area (Å²) in [4.78, 5) is 4.23. The van der Waals surface area contributed by atoms with Gasteiger partial charge in [0.25, 0.3) is 0 Å². The van der Waals surface area contributed by atoms with E-state index < -0.39 is 0 Å². The predicted molar refractivity (Wildman–Crippen MR) is 90.2 cm³/mol. The Hall–Kier alpha value is -2.43. The molecule has 2 aromatic rings. The molecule has 1 aromatic carbocycles. The van der Waals surface area contributed by atoms with Gasteiger partial charge in [0.15, 0.2) is 5.96 Å². The molecule has 0 saturated carbocycles. The second kappa shape index (κ2) is 8.77. The van der Waals surface area contributed by atoms with Crippen molar-refractivity contribution in [2.75, 3.05) is 20.2 Å². The Morgan fingerprint density at radius 1 is 1.18 bits per heavy atom. The molecule has 0 radical (unpaired) electrons. The van der Waals surface area contributed by atoms with Crippen molar-refractivity contribution in [3.05, 3.63) is 54.4 Å². The van der Waals surface area contributed by atoms with E-state index in [1.807, 2.05) is 37.3 Å². The van der Waals surface area contributed by atoms with Crippen LogP contribution in [-0.4, -0.2) is 30.7 Å². The Kier molecular flexibility index (Phi) is 6.36. The number of hydrogen-bond donors (Lipinski definition) is 2. The van der Waals surface area contributed by atoms with Gasteiger partial charge >= 0.3 is 0 Å².